The number of rotatable bonds is 3. The average Bonchev–Trinajstić information content (AvgIpc) is 2.46. The third-order valence-electron chi connectivity index (χ3n) is 4.79. The molecular weight excluding hydrogens is 277 g/mol. The van der Waals surface area contributed by atoms with Gasteiger partial charge in [0.2, 0.25) is 0 Å². The van der Waals surface area contributed by atoms with Crippen LogP contribution in [0.1, 0.15) is 49.3 Å². The van der Waals surface area contributed by atoms with Crippen LogP contribution in [0.5, 0.6) is 0 Å². The molecule has 118 valence electrons. The van der Waals surface area contributed by atoms with Crippen LogP contribution in [0.2, 0.25) is 0 Å². The van der Waals surface area contributed by atoms with Crippen LogP contribution < -0.4 is 5.73 Å². The van der Waals surface area contributed by atoms with Crippen LogP contribution in [0.15, 0.2) is 24.3 Å². The predicted octanol–water partition coefficient (Wildman–Crippen LogP) is 3.97. The van der Waals surface area contributed by atoms with E-state index in [1.165, 1.54) is 12.1 Å². The second-order valence-corrected chi connectivity index (χ2v) is 6.12. The molecule has 5 heteroatoms. The second-order valence-electron chi connectivity index (χ2n) is 6.12. The minimum atomic E-state index is -4.36. The lowest BCUT2D eigenvalue weighted by Gasteiger charge is -2.47. The predicted molar refractivity (Wildman–Crippen MR) is 77.9 cm³/mol. The summed E-state index contributed by atoms with van der Waals surface area (Å²) in [6.45, 7) is 0. The molecular formula is C16H23F3N2. The van der Waals surface area contributed by atoms with Crippen molar-refractivity contribution in [2.24, 2.45) is 5.73 Å². The molecule has 0 aromatic heterocycles. The smallest absolute Gasteiger partial charge is 0.322 e. The van der Waals surface area contributed by atoms with Crippen molar-refractivity contribution in [3.05, 3.63) is 35.4 Å². The molecule has 1 aromatic carbocycles. The zero-order chi connectivity index (χ0) is 15.7. The molecule has 0 saturated heterocycles. The number of nitrogens with zero attached hydrogens (tertiary/aromatic N) is 1. The Kier molecular flexibility index (Phi) is 4.63. The maximum Gasteiger partial charge on any atom is 0.416 e. The van der Waals surface area contributed by atoms with Crippen molar-refractivity contribution in [3.63, 3.8) is 0 Å². The average molecular weight is 300 g/mol. The van der Waals surface area contributed by atoms with E-state index in [1.807, 2.05) is 19.0 Å². The summed E-state index contributed by atoms with van der Waals surface area (Å²) in [6.07, 6.45) is 0.473. The van der Waals surface area contributed by atoms with E-state index in [0.717, 1.165) is 38.2 Å². The molecule has 0 amide bonds. The Hall–Kier alpha value is -1.07. The first kappa shape index (κ1) is 16.3. The molecule has 2 rings (SSSR count). The number of hydrogen-bond acceptors (Lipinski definition) is 2. The van der Waals surface area contributed by atoms with E-state index < -0.39 is 17.8 Å². The Morgan fingerprint density at radius 3 is 2.19 bits per heavy atom. The van der Waals surface area contributed by atoms with Crippen molar-refractivity contribution in [2.75, 3.05) is 14.1 Å². The largest absolute Gasteiger partial charge is 0.416 e. The first-order valence-corrected chi connectivity index (χ1v) is 7.38. The Labute approximate surface area is 124 Å². The van der Waals surface area contributed by atoms with Crippen molar-refractivity contribution in [1.29, 1.82) is 0 Å². The molecule has 0 heterocycles. The van der Waals surface area contributed by atoms with Gasteiger partial charge in [0.05, 0.1) is 5.56 Å². The summed E-state index contributed by atoms with van der Waals surface area (Å²) in [6, 6.07) is 5.07. The van der Waals surface area contributed by atoms with Gasteiger partial charge in [-0.3, -0.25) is 0 Å². The Morgan fingerprint density at radius 1 is 1.10 bits per heavy atom. The van der Waals surface area contributed by atoms with Crippen molar-refractivity contribution in [3.8, 4) is 0 Å². The van der Waals surface area contributed by atoms with Crippen LogP contribution in [0, 0.1) is 0 Å². The van der Waals surface area contributed by atoms with Crippen LogP contribution >= 0.6 is 0 Å². The fraction of sp³-hybridized carbons (Fsp3) is 0.625. The molecule has 1 fully saturated rings. The van der Waals surface area contributed by atoms with Crippen molar-refractivity contribution in [2.45, 2.75) is 49.9 Å². The van der Waals surface area contributed by atoms with Crippen LogP contribution in [0.4, 0.5) is 13.2 Å². The van der Waals surface area contributed by atoms with Crippen LogP contribution in [-0.4, -0.2) is 24.5 Å². The van der Waals surface area contributed by atoms with Gasteiger partial charge in [-0.1, -0.05) is 37.5 Å². The summed E-state index contributed by atoms with van der Waals surface area (Å²) < 4.78 is 39.7. The maximum absolute atomic E-state index is 13.2. The molecule has 1 unspecified atom stereocenters. The molecule has 0 bridgehead atoms. The van der Waals surface area contributed by atoms with Gasteiger partial charge in [-0.25, -0.2) is 0 Å². The third kappa shape index (κ3) is 3.09. The normalized spacial score (nSPS) is 20.5. The zero-order valence-electron chi connectivity index (χ0n) is 12.6. The number of nitrogens with two attached hydrogens (primary N) is 1. The van der Waals surface area contributed by atoms with Crippen molar-refractivity contribution < 1.29 is 13.2 Å². The standard InChI is InChI=1S/C16H23F3N2/c1-21(2)15(10-6-3-7-11-15)14(20)12-8-4-5-9-13(12)16(17,18)19/h4-5,8-9,14H,3,6-7,10-11,20H2,1-2H3. The van der Waals surface area contributed by atoms with Gasteiger partial charge in [-0.2, -0.15) is 13.2 Å². The molecule has 2 nitrogen and oxygen atoms in total. The Bertz CT molecular complexity index is 477. The van der Waals surface area contributed by atoms with E-state index in [4.69, 9.17) is 5.73 Å². The highest BCUT2D eigenvalue weighted by molar-refractivity contribution is 5.34. The number of alkyl halides is 3. The quantitative estimate of drug-likeness (QED) is 0.915. The highest BCUT2D eigenvalue weighted by atomic mass is 19.4. The molecule has 1 saturated carbocycles. The second kappa shape index (κ2) is 5.97. The molecule has 1 aliphatic rings. The topological polar surface area (TPSA) is 29.3 Å². The monoisotopic (exact) mass is 300 g/mol. The maximum atomic E-state index is 13.2. The molecule has 1 aliphatic carbocycles. The molecule has 0 spiro atoms. The van der Waals surface area contributed by atoms with E-state index in [2.05, 4.69) is 0 Å². The van der Waals surface area contributed by atoms with Gasteiger partial charge in [0.1, 0.15) is 0 Å². The van der Waals surface area contributed by atoms with Gasteiger partial charge in [-0.15, -0.1) is 0 Å². The molecule has 1 aromatic rings. The van der Waals surface area contributed by atoms with Gasteiger partial charge in [0.15, 0.2) is 0 Å². The van der Waals surface area contributed by atoms with E-state index >= 15 is 0 Å². The SMILES string of the molecule is CN(C)C1(C(N)c2ccccc2C(F)(F)F)CCCCC1. The summed E-state index contributed by atoms with van der Waals surface area (Å²) in [4.78, 5) is 2.02. The van der Waals surface area contributed by atoms with Gasteiger partial charge in [0.25, 0.3) is 0 Å². The number of hydrogen-bond donors (Lipinski definition) is 1. The van der Waals surface area contributed by atoms with E-state index in [-0.39, 0.29) is 11.1 Å². The van der Waals surface area contributed by atoms with E-state index in [1.54, 1.807) is 6.07 Å². The van der Waals surface area contributed by atoms with E-state index in [0.29, 0.717) is 0 Å². The summed E-state index contributed by atoms with van der Waals surface area (Å²) >= 11 is 0. The Balaban J connectivity index is 2.45. The Morgan fingerprint density at radius 2 is 1.67 bits per heavy atom. The van der Waals surface area contributed by atoms with Gasteiger partial charge >= 0.3 is 6.18 Å². The fourth-order valence-electron chi connectivity index (χ4n) is 3.52. The minimum absolute atomic E-state index is 0.209. The van der Waals surface area contributed by atoms with Crippen LogP contribution in [-0.2, 0) is 6.18 Å². The highest BCUT2D eigenvalue weighted by Gasteiger charge is 2.44. The van der Waals surface area contributed by atoms with Crippen molar-refractivity contribution >= 4 is 0 Å². The number of benzene rings is 1. The lowest BCUT2D eigenvalue weighted by Crippen LogP contribution is -2.53. The number of likely N-dealkylation sites (N-methyl/N-ethyl adjacent to an activating group) is 1. The van der Waals surface area contributed by atoms with Gasteiger partial charge in [-0.05, 0) is 38.6 Å². The summed E-state index contributed by atoms with van der Waals surface area (Å²) in [5, 5.41) is 0. The third-order valence-corrected chi connectivity index (χ3v) is 4.79. The van der Waals surface area contributed by atoms with E-state index in [9.17, 15) is 13.2 Å². The lowest BCUT2D eigenvalue weighted by molar-refractivity contribution is -0.138. The summed E-state index contributed by atoms with van der Waals surface area (Å²) in [7, 11) is 3.84. The molecule has 21 heavy (non-hydrogen) atoms. The van der Waals surface area contributed by atoms with Crippen molar-refractivity contribution in [1.82, 2.24) is 4.90 Å². The van der Waals surface area contributed by atoms with Crippen LogP contribution in [0.25, 0.3) is 0 Å². The molecule has 1 atom stereocenters. The first-order valence-electron chi connectivity index (χ1n) is 7.38. The highest BCUT2D eigenvalue weighted by Crippen LogP contribution is 2.44. The fourth-order valence-corrected chi connectivity index (χ4v) is 3.52. The lowest BCUT2D eigenvalue weighted by atomic mass is 9.72. The zero-order valence-corrected chi connectivity index (χ0v) is 12.6. The summed E-state index contributed by atoms with van der Waals surface area (Å²) in [5.41, 5.74) is 5.57. The molecule has 0 aliphatic heterocycles. The first-order chi connectivity index (χ1) is 9.79. The molecule has 2 N–H and O–H groups in total. The van der Waals surface area contributed by atoms with Gasteiger partial charge < -0.3 is 10.6 Å². The summed E-state index contributed by atoms with van der Waals surface area (Å²) in [5.74, 6) is 0. The van der Waals surface area contributed by atoms with Crippen LogP contribution in [0.3, 0.4) is 0 Å². The minimum Gasteiger partial charge on any atom is -0.322 e. The molecule has 0 radical (unpaired) electrons. The van der Waals surface area contributed by atoms with Gasteiger partial charge in [0, 0.05) is 11.6 Å². The number of halogens is 3.